The van der Waals surface area contributed by atoms with E-state index < -0.39 is 0 Å². The van der Waals surface area contributed by atoms with Crippen LogP contribution in [0, 0.1) is 13.8 Å². The zero-order valence-corrected chi connectivity index (χ0v) is 12.9. The summed E-state index contributed by atoms with van der Waals surface area (Å²) in [6.45, 7) is 4.33. The highest BCUT2D eigenvalue weighted by Crippen LogP contribution is 2.31. The van der Waals surface area contributed by atoms with Crippen LogP contribution in [0.25, 0.3) is 11.1 Å². The van der Waals surface area contributed by atoms with Gasteiger partial charge >= 0.3 is 0 Å². The molecule has 1 aliphatic heterocycles. The summed E-state index contributed by atoms with van der Waals surface area (Å²) in [6.07, 6.45) is 8.59. The molecule has 1 aliphatic rings. The highest BCUT2D eigenvalue weighted by Gasteiger charge is 2.16. The van der Waals surface area contributed by atoms with E-state index in [4.69, 9.17) is 0 Å². The molecular formula is C20H21N. The molecule has 106 valence electrons. The summed E-state index contributed by atoms with van der Waals surface area (Å²) in [5.41, 5.74) is 6.58. The molecule has 0 fully saturated rings. The molecule has 0 saturated carbocycles. The van der Waals surface area contributed by atoms with Crippen molar-refractivity contribution in [2.75, 3.05) is 7.05 Å². The van der Waals surface area contributed by atoms with Gasteiger partial charge in [-0.05, 0) is 54.4 Å². The van der Waals surface area contributed by atoms with Gasteiger partial charge in [0.25, 0.3) is 0 Å². The second-order valence-corrected chi connectivity index (χ2v) is 5.78. The monoisotopic (exact) mass is 275 g/mol. The third kappa shape index (κ3) is 2.78. The molecule has 1 heterocycles. The summed E-state index contributed by atoms with van der Waals surface area (Å²) in [6, 6.07) is 15.8. The lowest BCUT2D eigenvalue weighted by molar-refractivity contribution is 0.388. The minimum Gasteiger partial charge on any atom is -0.370 e. The number of hydrogen-bond acceptors (Lipinski definition) is 1. The number of rotatable bonds is 2. The molecule has 1 nitrogen and oxygen atoms in total. The van der Waals surface area contributed by atoms with Crippen molar-refractivity contribution in [3.63, 3.8) is 0 Å². The first-order valence-corrected chi connectivity index (χ1v) is 7.40. The molecule has 2 aromatic carbocycles. The van der Waals surface area contributed by atoms with Crippen LogP contribution in [0.2, 0.25) is 0 Å². The van der Waals surface area contributed by atoms with E-state index in [2.05, 4.69) is 92.7 Å². The molecular weight excluding hydrogens is 254 g/mol. The molecule has 0 bridgehead atoms. The molecule has 0 radical (unpaired) electrons. The summed E-state index contributed by atoms with van der Waals surface area (Å²) < 4.78 is 0. The lowest BCUT2D eigenvalue weighted by Crippen LogP contribution is -2.19. The third-order valence-electron chi connectivity index (χ3n) is 4.11. The summed E-state index contributed by atoms with van der Waals surface area (Å²) in [5.74, 6) is 0. The van der Waals surface area contributed by atoms with E-state index in [0.29, 0.717) is 6.04 Å². The standard InChI is InChI=1S/C20H21N/c1-15-7-6-8-17(13-15)18-11-10-16(2)19(14-18)20-9-4-5-12-21(20)3/h4-14,20H,1-3H3. The van der Waals surface area contributed by atoms with Gasteiger partial charge in [-0.3, -0.25) is 0 Å². The maximum absolute atomic E-state index is 2.33. The lowest BCUT2D eigenvalue weighted by Gasteiger charge is -2.28. The Hall–Kier alpha value is -2.28. The van der Waals surface area contributed by atoms with E-state index in [1.54, 1.807) is 0 Å². The van der Waals surface area contributed by atoms with Crippen LogP contribution >= 0.6 is 0 Å². The van der Waals surface area contributed by atoms with Gasteiger partial charge in [0.1, 0.15) is 0 Å². The van der Waals surface area contributed by atoms with Crippen LogP contribution in [0.1, 0.15) is 22.7 Å². The smallest absolute Gasteiger partial charge is 0.0723 e. The van der Waals surface area contributed by atoms with Gasteiger partial charge in [-0.15, -0.1) is 0 Å². The minimum absolute atomic E-state index is 0.319. The van der Waals surface area contributed by atoms with Crippen LogP contribution < -0.4 is 0 Å². The number of allylic oxidation sites excluding steroid dienone is 2. The van der Waals surface area contributed by atoms with Crippen molar-refractivity contribution >= 4 is 0 Å². The molecule has 2 aromatic rings. The number of likely N-dealkylation sites (N-methyl/N-ethyl adjacent to an activating group) is 1. The summed E-state index contributed by atoms with van der Waals surface area (Å²) in [4.78, 5) is 2.25. The molecule has 1 unspecified atom stereocenters. The molecule has 0 aliphatic carbocycles. The minimum atomic E-state index is 0.319. The highest BCUT2D eigenvalue weighted by molar-refractivity contribution is 5.66. The SMILES string of the molecule is Cc1cccc(-c2ccc(C)c(C3C=CC=CN3C)c2)c1. The van der Waals surface area contributed by atoms with Gasteiger partial charge in [-0.2, -0.15) is 0 Å². The maximum Gasteiger partial charge on any atom is 0.0723 e. The number of hydrogen-bond donors (Lipinski definition) is 0. The van der Waals surface area contributed by atoms with Crippen molar-refractivity contribution in [1.82, 2.24) is 4.90 Å². The quantitative estimate of drug-likeness (QED) is 0.743. The molecule has 1 heteroatoms. The lowest BCUT2D eigenvalue weighted by atomic mass is 9.93. The Bertz CT molecular complexity index is 710. The fraction of sp³-hybridized carbons (Fsp3) is 0.200. The first kappa shape index (κ1) is 13.7. The van der Waals surface area contributed by atoms with Crippen molar-refractivity contribution in [3.05, 3.63) is 83.6 Å². The Morgan fingerprint density at radius 2 is 1.71 bits per heavy atom. The van der Waals surface area contributed by atoms with Gasteiger partial charge in [0.2, 0.25) is 0 Å². The number of benzene rings is 2. The van der Waals surface area contributed by atoms with Crippen molar-refractivity contribution < 1.29 is 0 Å². The van der Waals surface area contributed by atoms with Crippen molar-refractivity contribution in [3.8, 4) is 11.1 Å². The maximum atomic E-state index is 2.33. The molecule has 21 heavy (non-hydrogen) atoms. The van der Waals surface area contributed by atoms with E-state index >= 15 is 0 Å². The van der Waals surface area contributed by atoms with Crippen LogP contribution in [-0.2, 0) is 0 Å². The molecule has 0 saturated heterocycles. The van der Waals surface area contributed by atoms with E-state index in [1.165, 1.54) is 27.8 Å². The first-order chi connectivity index (χ1) is 10.1. The second-order valence-electron chi connectivity index (χ2n) is 5.78. The van der Waals surface area contributed by atoms with Crippen molar-refractivity contribution in [2.24, 2.45) is 0 Å². The molecule has 3 rings (SSSR count). The molecule has 1 atom stereocenters. The molecule has 0 amide bonds. The first-order valence-electron chi connectivity index (χ1n) is 7.40. The van der Waals surface area contributed by atoms with Gasteiger partial charge in [-0.1, -0.05) is 54.1 Å². The Morgan fingerprint density at radius 1 is 0.905 bits per heavy atom. The number of aryl methyl sites for hydroxylation is 2. The number of nitrogens with zero attached hydrogens (tertiary/aromatic N) is 1. The normalized spacial score (nSPS) is 17.3. The van der Waals surface area contributed by atoms with Crippen LogP contribution in [0.15, 0.2) is 66.9 Å². The average molecular weight is 275 g/mol. The van der Waals surface area contributed by atoms with Gasteiger partial charge < -0.3 is 4.90 Å². The Balaban J connectivity index is 2.04. The third-order valence-corrected chi connectivity index (χ3v) is 4.11. The summed E-state index contributed by atoms with van der Waals surface area (Å²) >= 11 is 0. The largest absolute Gasteiger partial charge is 0.370 e. The summed E-state index contributed by atoms with van der Waals surface area (Å²) in [5, 5.41) is 0. The molecule has 0 aromatic heterocycles. The van der Waals surface area contributed by atoms with Gasteiger partial charge in [0.05, 0.1) is 6.04 Å². The van der Waals surface area contributed by atoms with Crippen molar-refractivity contribution in [1.29, 1.82) is 0 Å². The Morgan fingerprint density at radius 3 is 2.48 bits per heavy atom. The molecule has 0 spiro atoms. The predicted molar refractivity (Wildman–Crippen MR) is 90.1 cm³/mol. The van der Waals surface area contributed by atoms with E-state index in [1.807, 2.05) is 0 Å². The van der Waals surface area contributed by atoms with Crippen LogP contribution in [-0.4, -0.2) is 11.9 Å². The van der Waals surface area contributed by atoms with Crippen molar-refractivity contribution in [2.45, 2.75) is 19.9 Å². The predicted octanol–water partition coefficient (Wildman–Crippen LogP) is 5.03. The Kier molecular flexibility index (Phi) is 3.66. The van der Waals surface area contributed by atoms with Crippen LogP contribution in [0.5, 0.6) is 0 Å². The fourth-order valence-electron chi connectivity index (χ4n) is 2.87. The van der Waals surface area contributed by atoms with Crippen LogP contribution in [0.3, 0.4) is 0 Å². The topological polar surface area (TPSA) is 3.24 Å². The van der Waals surface area contributed by atoms with Gasteiger partial charge in [-0.25, -0.2) is 0 Å². The van der Waals surface area contributed by atoms with E-state index in [0.717, 1.165) is 0 Å². The van der Waals surface area contributed by atoms with E-state index in [9.17, 15) is 0 Å². The van der Waals surface area contributed by atoms with E-state index in [-0.39, 0.29) is 0 Å². The second kappa shape index (κ2) is 5.61. The average Bonchev–Trinajstić information content (AvgIpc) is 2.49. The zero-order chi connectivity index (χ0) is 14.8. The summed E-state index contributed by atoms with van der Waals surface area (Å²) in [7, 11) is 2.13. The highest BCUT2D eigenvalue weighted by atomic mass is 15.1. The van der Waals surface area contributed by atoms with Crippen LogP contribution in [0.4, 0.5) is 0 Å². The Labute approximate surface area is 127 Å². The zero-order valence-electron chi connectivity index (χ0n) is 12.9. The fourth-order valence-corrected chi connectivity index (χ4v) is 2.87. The van der Waals surface area contributed by atoms with Gasteiger partial charge in [0, 0.05) is 7.05 Å². The van der Waals surface area contributed by atoms with Gasteiger partial charge in [0.15, 0.2) is 0 Å². The molecule has 0 N–H and O–H groups in total.